The van der Waals surface area contributed by atoms with Crippen LogP contribution in [0.15, 0.2) is 24.3 Å². The van der Waals surface area contributed by atoms with Gasteiger partial charge in [-0.05, 0) is 23.3 Å². The molecule has 0 saturated carbocycles. The van der Waals surface area contributed by atoms with E-state index in [0.29, 0.717) is 0 Å². The molecule has 0 N–H and O–H groups in total. The Hall–Kier alpha value is -0.650. The van der Waals surface area contributed by atoms with Gasteiger partial charge in [-0.15, -0.1) is 0 Å². The van der Waals surface area contributed by atoms with E-state index in [1.165, 1.54) is 6.92 Å². The van der Waals surface area contributed by atoms with Crippen molar-refractivity contribution in [3.63, 3.8) is 0 Å². The average Bonchev–Trinajstić information content (AvgIpc) is 2.27. The molecule has 4 heteroatoms. The molecular weight excluding hydrogens is 319 g/mol. The largest absolute Gasteiger partial charge is 0.464 e. The number of esters is 1. The molecule has 0 bridgehead atoms. The molecule has 0 radical (unpaired) electrons. The fourth-order valence-electron chi connectivity index (χ4n) is 1.64. The van der Waals surface area contributed by atoms with E-state index in [-0.39, 0.29) is 18.4 Å². The van der Waals surface area contributed by atoms with Crippen molar-refractivity contribution in [3.8, 4) is 0 Å². The minimum atomic E-state index is -0.633. The lowest BCUT2D eigenvalue weighted by Gasteiger charge is -2.28. The van der Waals surface area contributed by atoms with Crippen molar-refractivity contribution in [3.05, 3.63) is 24.3 Å². The monoisotopic (exact) mass is 334 g/mol. The molecule has 0 aromatic carbocycles. The normalized spacial score (nSPS) is 23.5. The summed E-state index contributed by atoms with van der Waals surface area (Å²) in [4.78, 5) is 22.7. The van der Waals surface area contributed by atoms with E-state index in [1.807, 2.05) is 12.2 Å². The average molecular weight is 334 g/mol. The van der Waals surface area contributed by atoms with Crippen molar-refractivity contribution in [1.29, 1.82) is 0 Å². The Kier molecular flexibility index (Phi) is 5.18. The summed E-state index contributed by atoms with van der Waals surface area (Å²) in [6.45, 7) is 1.51. The Morgan fingerprint density at radius 3 is 2.81 bits per heavy atom. The van der Waals surface area contributed by atoms with Crippen LogP contribution in [-0.4, -0.2) is 22.8 Å². The number of carbonyl (C=O) groups is 2. The van der Waals surface area contributed by atoms with E-state index < -0.39 is 5.41 Å². The first-order chi connectivity index (χ1) is 7.60. The van der Waals surface area contributed by atoms with E-state index in [1.54, 1.807) is 12.2 Å². The Balaban J connectivity index is 2.75. The number of carbonyl (C=O) groups excluding carboxylic acids is 2. The molecule has 1 unspecified atom stereocenters. The maximum Gasteiger partial charge on any atom is 0.302 e. The second-order valence-electron chi connectivity index (χ2n) is 3.81. The molecule has 0 saturated heterocycles. The third-order valence-corrected chi connectivity index (χ3v) is 3.32. The first kappa shape index (κ1) is 13.4. The fourth-order valence-corrected chi connectivity index (χ4v) is 2.02. The predicted molar refractivity (Wildman–Crippen MR) is 70.5 cm³/mol. The number of rotatable bonds is 5. The summed E-state index contributed by atoms with van der Waals surface area (Å²) in [7, 11) is 0. The number of ether oxygens (including phenoxy) is 1. The van der Waals surface area contributed by atoms with E-state index in [2.05, 4.69) is 22.6 Å². The molecule has 0 aliphatic heterocycles. The fraction of sp³-hybridized carbons (Fsp3) is 0.500. The standard InChI is InChI=1S/C12H15IO3/c1-10(14)16-9-12(7-4-8-13)6-3-2-5-11(12)15/h2-3,5-6H,4,7-9H2,1H3. The van der Waals surface area contributed by atoms with Crippen LogP contribution in [-0.2, 0) is 14.3 Å². The van der Waals surface area contributed by atoms with Crippen LogP contribution < -0.4 is 0 Å². The zero-order chi connectivity index (χ0) is 12.0. The summed E-state index contributed by atoms with van der Waals surface area (Å²) < 4.78 is 6.00. The first-order valence-corrected chi connectivity index (χ1v) is 6.73. The second-order valence-corrected chi connectivity index (χ2v) is 4.89. The van der Waals surface area contributed by atoms with Gasteiger partial charge in [0.1, 0.15) is 6.61 Å². The van der Waals surface area contributed by atoms with Gasteiger partial charge in [-0.1, -0.05) is 40.8 Å². The molecular formula is C12H15IO3. The molecule has 88 valence electrons. The quantitative estimate of drug-likeness (QED) is 0.441. The smallest absolute Gasteiger partial charge is 0.302 e. The van der Waals surface area contributed by atoms with Gasteiger partial charge in [0.25, 0.3) is 0 Å². The molecule has 0 aromatic rings. The topological polar surface area (TPSA) is 43.4 Å². The maximum absolute atomic E-state index is 11.9. The van der Waals surface area contributed by atoms with Crippen molar-refractivity contribution in [2.75, 3.05) is 11.0 Å². The lowest BCUT2D eigenvalue weighted by Crippen LogP contribution is -2.35. The third-order valence-electron chi connectivity index (χ3n) is 2.55. The Labute approximate surface area is 109 Å². The summed E-state index contributed by atoms with van der Waals surface area (Å²) >= 11 is 2.28. The first-order valence-electron chi connectivity index (χ1n) is 5.20. The molecule has 0 aromatic heterocycles. The van der Waals surface area contributed by atoms with E-state index in [0.717, 1.165) is 17.3 Å². The van der Waals surface area contributed by atoms with Gasteiger partial charge >= 0.3 is 5.97 Å². The van der Waals surface area contributed by atoms with Crippen LogP contribution in [0, 0.1) is 5.41 Å². The molecule has 0 amide bonds. The molecule has 16 heavy (non-hydrogen) atoms. The zero-order valence-electron chi connectivity index (χ0n) is 9.24. The van der Waals surface area contributed by atoms with Crippen LogP contribution in [0.2, 0.25) is 0 Å². The molecule has 0 heterocycles. The molecule has 1 aliphatic rings. The molecule has 1 rings (SSSR count). The zero-order valence-corrected chi connectivity index (χ0v) is 11.4. The van der Waals surface area contributed by atoms with Gasteiger partial charge in [-0.25, -0.2) is 0 Å². The van der Waals surface area contributed by atoms with E-state index in [9.17, 15) is 9.59 Å². The van der Waals surface area contributed by atoms with Crippen molar-refractivity contribution >= 4 is 34.3 Å². The summed E-state index contributed by atoms with van der Waals surface area (Å²) in [5, 5.41) is 0. The maximum atomic E-state index is 11.9. The van der Waals surface area contributed by atoms with Crippen molar-refractivity contribution in [2.45, 2.75) is 19.8 Å². The number of allylic oxidation sites excluding steroid dienone is 3. The van der Waals surface area contributed by atoms with Crippen molar-refractivity contribution in [1.82, 2.24) is 0 Å². The van der Waals surface area contributed by atoms with Crippen LogP contribution in [0.5, 0.6) is 0 Å². The van der Waals surface area contributed by atoms with Gasteiger partial charge in [0, 0.05) is 6.92 Å². The summed E-state index contributed by atoms with van der Waals surface area (Å²) in [5.74, 6) is -0.314. The highest BCUT2D eigenvalue weighted by molar-refractivity contribution is 14.1. The number of hydrogen-bond donors (Lipinski definition) is 0. The second kappa shape index (κ2) is 6.18. The number of halogens is 1. The van der Waals surface area contributed by atoms with Gasteiger partial charge in [0.2, 0.25) is 0 Å². The number of ketones is 1. The highest BCUT2D eigenvalue weighted by atomic mass is 127. The van der Waals surface area contributed by atoms with Gasteiger partial charge in [-0.2, -0.15) is 0 Å². The highest BCUT2D eigenvalue weighted by Gasteiger charge is 2.35. The molecule has 0 fully saturated rings. The molecule has 1 atom stereocenters. The predicted octanol–water partition coefficient (Wildman–Crippen LogP) is 2.45. The van der Waals surface area contributed by atoms with Crippen LogP contribution in [0.3, 0.4) is 0 Å². The van der Waals surface area contributed by atoms with Crippen LogP contribution in [0.25, 0.3) is 0 Å². The minimum absolute atomic E-state index is 0.0288. The van der Waals surface area contributed by atoms with Gasteiger partial charge in [-0.3, -0.25) is 9.59 Å². The van der Waals surface area contributed by atoms with Gasteiger partial charge < -0.3 is 4.74 Å². The van der Waals surface area contributed by atoms with E-state index >= 15 is 0 Å². The highest BCUT2D eigenvalue weighted by Crippen LogP contribution is 2.31. The Morgan fingerprint density at radius 1 is 1.50 bits per heavy atom. The summed E-state index contributed by atoms with van der Waals surface area (Å²) in [6.07, 6.45) is 8.63. The molecule has 3 nitrogen and oxygen atoms in total. The number of alkyl halides is 1. The molecule has 0 spiro atoms. The van der Waals surface area contributed by atoms with Crippen LogP contribution in [0.1, 0.15) is 19.8 Å². The lowest BCUT2D eigenvalue weighted by molar-refractivity contribution is -0.145. The van der Waals surface area contributed by atoms with Crippen LogP contribution >= 0.6 is 22.6 Å². The molecule has 1 aliphatic carbocycles. The lowest BCUT2D eigenvalue weighted by atomic mass is 9.77. The van der Waals surface area contributed by atoms with Gasteiger partial charge in [0.15, 0.2) is 5.78 Å². The number of hydrogen-bond acceptors (Lipinski definition) is 3. The van der Waals surface area contributed by atoms with Crippen molar-refractivity contribution < 1.29 is 14.3 Å². The van der Waals surface area contributed by atoms with E-state index in [4.69, 9.17) is 4.74 Å². The Morgan fingerprint density at radius 2 is 2.25 bits per heavy atom. The SMILES string of the molecule is CC(=O)OCC1(CCCI)C=CC=CC1=O. The summed E-state index contributed by atoms with van der Waals surface area (Å²) in [6, 6.07) is 0. The summed E-state index contributed by atoms with van der Waals surface area (Å²) in [5.41, 5.74) is -0.633. The Bertz CT molecular complexity index is 333. The van der Waals surface area contributed by atoms with Gasteiger partial charge in [0.05, 0.1) is 5.41 Å². The van der Waals surface area contributed by atoms with Crippen molar-refractivity contribution in [2.24, 2.45) is 5.41 Å². The van der Waals surface area contributed by atoms with Crippen LogP contribution in [0.4, 0.5) is 0 Å². The third kappa shape index (κ3) is 3.43. The minimum Gasteiger partial charge on any atom is -0.464 e.